The lowest BCUT2D eigenvalue weighted by atomic mass is 10.1. The Balaban J connectivity index is 1.69. The summed E-state index contributed by atoms with van der Waals surface area (Å²) in [6.07, 6.45) is 2.01. The molecule has 0 saturated heterocycles. The van der Waals surface area contributed by atoms with Gasteiger partial charge in [0.2, 0.25) is 0 Å². The van der Waals surface area contributed by atoms with Crippen LogP contribution in [0.5, 0.6) is 0 Å². The van der Waals surface area contributed by atoms with Gasteiger partial charge in [-0.05, 0) is 31.9 Å². The summed E-state index contributed by atoms with van der Waals surface area (Å²) in [6.45, 7) is 1.53. The predicted octanol–water partition coefficient (Wildman–Crippen LogP) is 3.98. The summed E-state index contributed by atoms with van der Waals surface area (Å²) in [4.78, 5) is 33.2. The quantitative estimate of drug-likeness (QED) is 0.640. The fraction of sp³-hybridized carbons (Fsp3) is 0.182. The molecule has 2 N–H and O–H groups in total. The van der Waals surface area contributed by atoms with Crippen molar-refractivity contribution in [1.82, 2.24) is 15.3 Å². The maximum atomic E-state index is 12.6. The summed E-state index contributed by atoms with van der Waals surface area (Å²) in [5.74, 6) is 0.744. The minimum Gasteiger partial charge on any atom is -0.348 e. The van der Waals surface area contributed by atoms with Crippen LogP contribution in [0.3, 0.4) is 0 Å². The van der Waals surface area contributed by atoms with E-state index in [1.54, 1.807) is 24.3 Å². The summed E-state index contributed by atoms with van der Waals surface area (Å²) in [6, 6.07) is 18.6. The average molecular weight is 372 g/mol. The van der Waals surface area contributed by atoms with Gasteiger partial charge in [0.05, 0.1) is 0 Å². The van der Waals surface area contributed by atoms with E-state index in [0.717, 1.165) is 24.1 Å². The molecule has 1 aliphatic rings. The van der Waals surface area contributed by atoms with Crippen LogP contribution in [0, 0.1) is 0 Å². The van der Waals surface area contributed by atoms with Crippen LogP contribution in [0.1, 0.15) is 40.6 Å². The third-order valence-electron chi connectivity index (χ3n) is 4.44. The van der Waals surface area contributed by atoms with Crippen LogP contribution in [0.15, 0.2) is 60.7 Å². The van der Waals surface area contributed by atoms with E-state index in [4.69, 9.17) is 0 Å². The third-order valence-corrected chi connectivity index (χ3v) is 4.44. The Morgan fingerprint density at radius 2 is 1.75 bits per heavy atom. The predicted molar refractivity (Wildman–Crippen MR) is 108 cm³/mol. The second kappa shape index (κ2) is 7.60. The fourth-order valence-electron chi connectivity index (χ4n) is 2.79. The first kappa shape index (κ1) is 17.9. The first-order valence-electron chi connectivity index (χ1n) is 9.22. The Labute approximate surface area is 163 Å². The van der Waals surface area contributed by atoms with Crippen molar-refractivity contribution < 1.29 is 9.59 Å². The molecule has 1 aromatic heterocycles. The van der Waals surface area contributed by atoms with Crippen molar-refractivity contribution in [3.63, 3.8) is 0 Å². The molecule has 0 spiro atoms. The van der Waals surface area contributed by atoms with Crippen molar-refractivity contribution in [2.45, 2.75) is 25.8 Å². The SMILES string of the molecule is CC(=O)c1cccc(Nc2cc(C(=O)NC3CC3)nc(-c3ccccc3)n2)c1. The highest BCUT2D eigenvalue weighted by Crippen LogP contribution is 2.23. The minimum atomic E-state index is -0.206. The number of nitrogens with zero attached hydrogens (tertiary/aromatic N) is 2. The lowest BCUT2D eigenvalue weighted by molar-refractivity contribution is 0.0945. The summed E-state index contributed by atoms with van der Waals surface area (Å²) in [5, 5.41) is 6.15. The molecule has 0 aliphatic heterocycles. The van der Waals surface area contributed by atoms with Gasteiger partial charge in [-0.1, -0.05) is 42.5 Å². The Morgan fingerprint density at radius 3 is 2.46 bits per heavy atom. The van der Waals surface area contributed by atoms with Gasteiger partial charge in [0.25, 0.3) is 5.91 Å². The first-order chi connectivity index (χ1) is 13.6. The summed E-state index contributed by atoms with van der Waals surface area (Å²) in [5.41, 5.74) is 2.46. The van der Waals surface area contributed by atoms with Crippen molar-refractivity contribution in [2.24, 2.45) is 0 Å². The number of hydrogen-bond donors (Lipinski definition) is 2. The molecular weight excluding hydrogens is 352 g/mol. The number of rotatable bonds is 6. The van der Waals surface area contributed by atoms with Crippen LogP contribution in [0.2, 0.25) is 0 Å². The summed E-state index contributed by atoms with van der Waals surface area (Å²) in [7, 11) is 0. The zero-order valence-corrected chi connectivity index (χ0v) is 15.5. The van der Waals surface area contributed by atoms with Crippen LogP contribution in [0.25, 0.3) is 11.4 Å². The molecule has 28 heavy (non-hydrogen) atoms. The number of aromatic nitrogens is 2. The zero-order chi connectivity index (χ0) is 19.5. The largest absolute Gasteiger partial charge is 0.348 e. The van der Waals surface area contributed by atoms with Gasteiger partial charge in [0, 0.05) is 28.9 Å². The summed E-state index contributed by atoms with van der Waals surface area (Å²) < 4.78 is 0. The Bertz CT molecular complexity index is 1030. The molecule has 3 aromatic rings. The molecule has 0 radical (unpaired) electrons. The smallest absolute Gasteiger partial charge is 0.270 e. The molecule has 4 rings (SSSR count). The van der Waals surface area contributed by atoms with Crippen molar-refractivity contribution in [3.05, 3.63) is 71.9 Å². The topological polar surface area (TPSA) is 84.0 Å². The van der Waals surface area contributed by atoms with Crippen molar-refractivity contribution in [3.8, 4) is 11.4 Å². The van der Waals surface area contributed by atoms with E-state index >= 15 is 0 Å². The molecule has 0 atom stereocenters. The fourth-order valence-corrected chi connectivity index (χ4v) is 2.79. The number of anilines is 2. The van der Waals surface area contributed by atoms with E-state index in [1.165, 1.54) is 6.92 Å². The molecule has 2 aromatic carbocycles. The number of amides is 1. The van der Waals surface area contributed by atoms with E-state index in [9.17, 15) is 9.59 Å². The molecule has 6 heteroatoms. The lowest BCUT2D eigenvalue weighted by Crippen LogP contribution is -2.26. The van der Waals surface area contributed by atoms with Crippen molar-refractivity contribution >= 4 is 23.2 Å². The number of carbonyl (C=O) groups is 2. The number of Topliss-reactive ketones (excluding diaryl/α,β-unsaturated/α-hetero) is 1. The molecule has 140 valence electrons. The van der Waals surface area contributed by atoms with E-state index in [0.29, 0.717) is 22.9 Å². The first-order valence-corrected chi connectivity index (χ1v) is 9.22. The number of benzene rings is 2. The second-order valence-electron chi connectivity index (χ2n) is 6.84. The van der Waals surface area contributed by atoms with Gasteiger partial charge in [-0.2, -0.15) is 0 Å². The number of ketones is 1. The highest BCUT2D eigenvalue weighted by atomic mass is 16.2. The highest BCUT2D eigenvalue weighted by Gasteiger charge is 2.25. The van der Waals surface area contributed by atoms with Crippen LogP contribution >= 0.6 is 0 Å². The van der Waals surface area contributed by atoms with Gasteiger partial charge >= 0.3 is 0 Å². The van der Waals surface area contributed by atoms with Gasteiger partial charge in [0.1, 0.15) is 11.5 Å². The number of carbonyl (C=O) groups excluding carboxylic acids is 2. The third kappa shape index (κ3) is 4.23. The minimum absolute atomic E-state index is 0.0131. The van der Waals surface area contributed by atoms with Crippen LogP contribution in [-0.2, 0) is 0 Å². The van der Waals surface area contributed by atoms with Gasteiger partial charge < -0.3 is 10.6 Å². The van der Waals surface area contributed by atoms with Gasteiger partial charge in [-0.15, -0.1) is 0 Å². The molecule has 1 amide bonds. The molecule has 6 nitrogen and oxygen atoms in total. The van der Waals surface area contributed by atoms with Crippen LogP contribution in [0.4, 0.5) is 11.5 Å². The van der Waals surface area contributed by atoms with Gasteiger partial charge in [-0.25, -0.2) is 9.97 Å². The Morgan fingerprint density at radius 1 is 0.964 bits per heavy atom. The second-order valence-corrected chi connectivity index (χ2v) is 6.84. The monoisotopic (exact) mass is 372 g/mol. The van der Waals surface area contributed by atoms with E-state index in [2.05, 4.69) is 20.6 Å². The molecule has 1 saturated carbocycles. The van der Waals surface area contributed by atoms with Crippen LogP contribution in [-0.4, -0.2) is 27.7 Å². The summed E-state index contributed by atoms with van der Waals surface area (Å²) >= 11 is 0. The van der Waals surface area contributed by atoms with E-state index < -0.39 is 0 Å². The number of hydrogen-bond acceptors (Lipinski definition) is 5. The molecule has 0 bridgehead atoms. The Kier molecular flexibility index (Phi) is 4.85. The molecular formula is C22H20N4O2. The van der Waals surface area contributed by atoms with Crippen molar-refractivity contribution in [2.75, 3.05) is 5.32 Å². The molecule has 1 heterocycles. The molecule has 1 fully saturated rings. The normalized spacial score (nSPS) is 13.0. The maximum Gasteiger partial charge on any atom is 0.270 e. The Hall–Kier alpha value is -3.54. The van der Waals surface area contributed by atoms with Gasteiger partial charge in [0.15, 0.2) is 11.6 Å². The standard InChI is InChI=1S/C22H20N4O2/c1-14(27)16-8-5-9-18(12-16)23-20-13-19(22(28)24-17-10-11-17)25-21(26-20)15-6-3-2-4-7-15/h2-9,12-13,17H,10-11H2,1H3,(H,24,28)(H,23,25,26). The zero-order valence-electron chi connectivity index (χ0n) is 15.5. The molecule has 0 unspecified atom stereocenters. The van der Waals surface area contributed by atoms with Gasteiger partial charge in [-0.3, -0.25) is 9.59 Å². The lowest BCUT2D eigenvalue weighted by Gasteiger charge is -2.11. The van der Waals surface area contributed by atoms with E-state index in [1.807, 2.05) is 36.4 Å². The average Bonchev–Trinajstić information content (AvgIpc) is 3.52. The highest BCUT2D eigenvalue weighted by molar-refractivity contribution is 5.95. The van der Waals surface area contributed by atoms with Crippen LogP contribution < -0.4 is 10.6 Å². The maximum absolute atomic E-state index is 12.6. The number of nitrogens with one attached hydrogen (secondary N) is 2. The van der Waals surface area contributed by atoms with E-state index in [-0.39, 0.29) is 17.7 Å². The van der Waals surface area contributed by atoms with Crippen molar-refractivity contribution in [1.29, 1.82) is 0 Å². The molecule has 1 aliphatic carbocycles.